The molecule has 8 nitrogen and oxygen atoms in total. The third kappa shape index (κ3) is 3.58. The summed E-state index contributed by atoms with van der Waals surface area (Å²) in [5, 5.41) is 13.8. The van der Waals surface area contributed by atoms with Crippen molar-refractivity contribution in [2.24, 2.45) is 5.92 Å². The smallest absolute Gasteiger partial charge is 0.233 e. The summed E-state index contributed by atoms with van der Waals surface area (Å²) in [5.74, 6) is 0.0523. The van der Waals surface area contributed by atoms with Gasteiger partial charge < -0.3 is 0 Å². The molecule has 3 atom stereocenters. The summed E-state index contributed by atoms with van der Waals surface area (Å²) >= 11 is 0. The van der Waals surface area contributed by atoms with Gasteiger partial charge in [0.05, 0.1) is 30.1 Å². The number of halogens is 1. The van der Waals surface area contributed by atoms with Crippen LogP contribution in [0.1, 0.15) is 29.5 Å². The molecule has 198 valence electrons. The van der Waals surface area contributed by atoms with E-state index >= 15 is 0 Å². The number of nitrogens with zero attached hydrogens (tertiary/aromatic N) is 6. The molecule has 7 rings (SSSR count). The van der Waals surface area contributed by atoms with Gasteiger partial charge >= 0.3 is 0 Å². The molecule has 1 aliphatic heterocycles. The van der Waals surface area contributed by atoms with E-state index in [4.69, 9.17) is 0 Å². The van der Waals surface area contributed by atoms with Crippen LogP contribution in [0.5, 0.6) is 0 Å². The molecule has 0 spiro atoms. The second kappa shape index (κ2) is 8.56. The van der Waals surface area contributed by atoms with Gasteiger partial charge in [-0.1, -0.05) is 30.3 Å². The average molecular weight is 543 g/mol. The number of rotatable bonds is 6. The van der Waals surface area contributed by atoms with Crippen LogP contribution < -0.4 is 0 Å². The second-order valence-electron chi connectivity index (χ2n) is 10.5. The fourth-order valence-electron chi connectivity index (χ4n) is 6.56. The maximum Gasteiger partial charge on any atom is 0.264 e. The van der Waals surface area contributed by atoms with Gasteiger partial charge in [0.1, 0.15) is 5.82 Å². The lowest BCUT2D eigenvalue weighted by atomic mass is 9.87. The maximum atomic E-state index is 13.6. The zero-order valence-corrected chi connectivity index (χ0v) is 22.4. The average Bonchev–Trinajstić information content (AvgIpc) is 3.41. The summed E-state index contributed by atoms with van der Waals surface area (Å²) in [4.78, 5) is 1.39. The molecule has 39 heavy (non-hydrogen) atoms. The van der Waals surface area contributed by atoms with Crippen LogP contribution in [0.25, 0.3) is 16.6 Å². The molecule has 3 heterocycles. The van der Waals surface area contributed by atoms with E-state index in [0.717, 1.165) is 27.7 Å². The van der Waals surface area contributed by atoms with Crippen LogP contribution in [0.3, 0.4) is 0 Å². The summed E-state index contributed by atoms with van der Waals surface area (Å²) < 4.78 is 44.1. The highest BCUT2D eigenvalue weighted by atomic mass is 32.2. The van der Waals surface area contributed by atoms with Crippen LogP contribution in [-0.2, 0) is 22.0 Å². The van der Waals surface area contributed by atoms with Gasteiger partial charge in [-0.15, -0.1) is 5.10 Å². The lowest BCUT2D eigenvalue weighted by Gasteiger charge is -2.24. The third-order valence-corrected chi connectivity index (χ3v) is 10.1. The zero-order chi connectivity index (χ0) is 26.9. The van der Waals surface area contributed by atoms with Gasteiger partial charge in [-0.05, 0) is 72.9 Å². The normalized spacial score (nSPS) is 22.8. The molecule has 0 radical (unpaired) electrons. The zero-order valence-electron chi connectivity index (χ0n) is 21.6. The van der Waals surface area contributed by atoms with Gasteiger partial charge in [-0.3, -0.25) is 0 Å². The van der Waals surface area contributed by atoms with Gasteiger partial charge in [-0.25, -0.2) is 17.5 Å². The van der Waals surface area contributed by atoms with Crippen LogP contribution in [-0.4, -0.2) is 50.6 Å². The minimum atomic E-state index is -3.78. The van der Waals surface area contributed by atoms with Crippen molar-refractivity contribution in [2.75, 3.05) is 13.1 Å². The highest BCUT2D eigenvalue weighted by Crippen LogP contribution is 2.70. The van der Waals surface area contributed by atoms with Crippen molar-refractivity contribution in [3.8, 4) is 5.69 Å². The number of piperidine rings is 1. The fraction of sp³-hybridized carbons (Fsp3) is 0.276. The van der Waals surface area contributed by atoms with E-state index in [1.165, 1.54) is 28.7 Å². The number of benzene rings is 3. The first-order valence-electron chi connectivity index (χ1n) is 13.0. The Morgan fingerprint density at radius 2 is 1.79 bits per heavy atom. The van der Waals surface area contributed by atoms with Crippen molar-refractivity contribution in [2.45, 2.75) is 36.8 Å². The van der Waals surface area contributed by atoms with E-state index < -0.39 is 10.0 Å². The molecular weight excluding hydrogens is 515 g/mol. The first kappa shape index (κ1) is 24.2. The van der Waals surface area contributed by atoms with E-state index in [0.29, 0.717) is 19.6 Å². The molecule has 2 aliphatic rings. The standard InChI is InChI=1S/C29H27FN6O2S/c1-3-35-31-16-27(33-35)39(37,38)34-17-25-28(20-7-5-4-6-8-20)29(25,18-34)24-14-21-15-32-36(26(21)13-19(24)2)23-11-9-22(30)10-12-23/h4-16,25,28H,3,17-18H2,1-2H3/t25-,28-,29+/m0/s1. The minimum absolute atomic E-state index is 0.00944. The molecule has 1 saturated heterocycles. The molecule has 10 heteroatoms. The quantitative estimate of drug-likeness (QED) is 0.317. The Labute approximate surface area is 225 Å². The monoisotopic (exact) mass is 542 g/mol. The number of aryl methyl sites for hydroxylation is 2. The topological polar surface area (TPSA) is 85.9 Å². The lowest BCUT2D eigenvalue weighted by Crippen LogP contribution is -2.35. The molecular formula is C29H27FN6O2S. The summed E-state index contributed by atoms with van der Waals surface area (Å²) in [5.41, 5.74) is 4.78. The predicted octanol–water partition coefficient (Wildman–Crippen LogP) is 4.44. The van der Waals surface area contributed by atoms with Crippen molar-refractivity contribution in [1.29, 1.82) is 0 Å². The first-order chi connectivity index (χ1) is 18.8. The number of hydrogen-bond donors (Lipinski definition) is 0. The van der Waals surface area contributed by atoms with Crippen molar-refractivity contribution < 1.29 is 12.8 Å². The molecule has 3 aromatic carbocycles. The molecule has 0 amide bonds. The number of fused-ring (bicyclic) bond motifs is 2. The summed E-state index contributed by atoms with van der Waals surface area (Å²) in [6, 6.07) is 20.9. The molecule has 0 N–H and O–H groups in total. The summed E-state index contributed by atoms with van der Waals surface area (Å²) in [6.45, 7) is 5.25. The van der Waals surface area contributed by atoms with Crippen LogP contribution in [0.15, 0.2) is 84.1 Å². The Balaban J connectivity index is 1.32. The van der Waals surface area contributed by atoms with E-state index in [1.54, 1.807) is 16.4 Å². The molecule has 2 aromatic heterocycles. The predicted molar refractivity (Wildman–Crippen MR) is 145 cm³/mol. The van der Waals surface area contributed by atoms with Gasteiger partial charge in [0.25, 0.3) is 10.0 Å². The molecule has 0 unspecified atom stereocenters. The molecule has 5 aromatic rings. The minimum Gasteiger partial charge on any atom is -0.233 e. The highest BCUT2D eigenvalue weighted by Gasteiger charge is 2.71. The Bertz CT molecular complexity index is 1820. The van der Waals surface area contributed by atoms with Gasteiger partial charge in [0.2, 0.25) is 5.03 Å². The van der Waals surface area contributed by atoms with Crippen molar-refractivity contribution in [3.63, 3.8) is 0 Å². The van der Waals surface area contributed by atoms with Crippen molar-refractivity contribution >= 4 is 20.9 Å². The van der Waals surface area contributed by atoms with E-state index in [9.17, 15) is 12.8 Å². The molecule has 0 bridgehead atoms. The Morgan fingerprint density at radius 3 is 2.51 bits per heavy atom. The van der Waals surface area contributed by atoms with Crippen molar-refractivity contribution in [1.82, 2.24) is 29.1 Å². The van der Waals surface area contributed by atoms with Crippen LogP contribution in [0, 0.1) is 18.7 Å². The molecule has 1 saturated carbocycles. The Morgan fingerprint density at radius 1 is 1.03 bits per heavy atom. The van der Waals surface area contributed by atoms with Gasteiger partial charge in [-0.2, -0.15) is 19.3 Å². The van der Waals surface area contributed by atoms with Gasteiger partial charge in [0.15, 0.2) is 0 Å². The first-order valence-corrected chi connectivity index (χ1v) is 14.5. The number of sulfonamides is 1. The summed E-state index contributed by atoms with van der Waals surface area (Å²) in [7, 11) is -3.78. The maximum absolute atomic E-state index is 13.6. The number of hydrogen-bond acceptors (Lipinski definition) is 5. The van der Waals surface area contributed by atoms with Crippen LogP contribution in [0.4, 0.5) is 4.39 Å². The lowest BCUT2D eigenvalue weighted by molar-refractivity contribution is 0.417. The Hall–Kier alpha value is -3.89. The fourth-order valence-corrected chi connectivity index (χ4v) is 7.94. The van der Waals surface area contributed by atoms with Crippen LogP contribution >= 0.6 is 0 Å². The van der Waals surface area contributed by atoms with Crippen LogP contribution in [0.2, 0.25) is 0 Å². The van der Waals surface area contributed by atoms with E-state index in [1.807, 2.05) is 36.0 Å². The largest absolute Gasteiger partial charge is 0.264 e. The van der Waals surface area contributed by atoms with Gasteiger partial charge in [0, 0.05) is 29.8 Å². The molecule has 2 fully saturated rings. The summed E-state index contributed by atoms with van der Waals surface area (Å²) in [6.07, 6.45) is 3.16. The van der Waals surface area contributed by atoms with E-state index in [2.05, 4.69) is 46.5 Å². The second-order valence-corrected chi connectivity index (χ2v) is 12.3. The highest BCUT2D eigenvalue weighted by molar-refractivity contribution is 7.89. The molecule has 1 aliphatic carbocycles. The van der Waals surface area contributed by atoms with E-state index in [-0.39, 0.29) is 28.1 Å². The van der Waals surface area contributed by atoms with Crippen molar-refractivity contribution in [3.05, 3.63) is 102 Å². The number of aromatic nitrogens is 5. The Kier molecular flexibility index (Phi) is 5.30. The third-order valence-electron chi connectivity index (χ3n) is 8.40. The SMILES string of the molecule is CCn1ncc(S(=O)(=O)N2C[C@H]3[C@H](c4ccccc4)[C@@]3(c3cc4cnn(-c5ccc(F)cc5)c4cc3C)C2)n1.